The lowest BCUT2D eigenvalue weighted by Crippen LogP contribution is -2.01. The van der Waals surface area contributed by atoms with E-state index in [2.05, 4.69) is 4.98 Å². The molecule has 0 saturated carbocycles. The van der Waals surface area contributed by atoms with Crippen molar-refractivity contribution in [2.45, 2.75) is 6.92 Å². The predicted octanol–water partition coefficient (Wildman–Crippen LogP) is 2.45. The third-order valence-electron chi connectivity index (χ3n) is 1.94. The molecule has 1 aromatic heterocycles. The maximum Gasteiger partial charge on any atom is 0.309 e. The van der Waals surface area contributed by atoms with Crippen molar-refractivity contribution in [2.75, 3.05) is 0 Å². The lowest BCUT2D eigenvalue weighted by Gasteiger charge is -2.02. The fourth-order valence-electron chi connectivity index (χ4n) is 1.30. The molecule has 2 rings (SSSR count). The fraction of sp³-hybridized carbons (Fsp3) is 0.0909. The number of aromatic nitrogens is 2. The molecule has 1 aromatic carbocycles. The minimum atomic E-state index is -0.399. The van der Waals surface area contributed by atoms with Crippen molar-refractivity contribution < 1.29 is 9.53 Å². The number of imidazole rings is 1. The highest BCUT2D eigenvalue weighted by Gasteiger charge is 2.06. The van der Waals surface area contributed by atoms with E-state index in [0.717, 1.165) is 5.69 Å². The molecule has 0 spiro atoms. The summed E-state index contributed by atoms with van der Waals surface area (Å²) in [5.41, 5.74) is 0.787. The molecule has 82 valence electrons. The Morgan fingerprint density at radius 3 is 2.88 bits per heavy atom. The van der Waals surface area contributed by atoms with Crippen LogP contribution in [0, 0.1) is 0 Å². The molecule has 0 aliphatic rings. The van der Waals surface area contributed by atoms with Gasteiger partial charge in [-0.05, 0) is 12.1 Å². The van der Waals surface area contributed by atoms with Crippen LogP contribution < -0.4 is 4.74 Å². The van der Waals surface area contributed by atoms with Gasteiger partial charge in [0.25, 0.3) is 0 Å². The summed E-state index contributed by atoms with van der Waals surface area (Å²) in [7, 11) is 0. The zero-order valence-electron chi connectivity index (χ0n) is 8.55. The van der Waals surface area contributed by atoms with Crippen molar-refractivity contribution in [3.05, 3.63) is 41.8 Å². The SMILES string of the molecule is CC(=O)Oc1cn(-c2ccccc2Cl)cn1. The van der Waals surface area contributed by atoms with Gasteiger partial charge < -0.3 is 9.30 Å². The van der Waals surface area contributed by atoms with E-state index in [9.17, 15) is 4.79 Å². The standard InChI is InChI=1S/C11H9ClN2O2/c1-8(15)16-11-6-14(7-13-11)10-5-3-2-4-9(10)12/h2-7H,1H3. The van der Waals surface area contributed by atoms with Gasteiger partial charge in [-0.2, -0.15) is 0 Å². The maximum absolute atomic E-state index is 10.7. The highest BCUT2D eigenvalue weighted by molar-refractivity contribution is 6.32. The van der Waals surface area contributed by atoms with E-state index < -0.39 is 5.97 Å². The van der Waals surface area contributed by atoms with Crippen molar-refractivity contribution >= 4 is 17.6 Å². The van der Waals surface area contributed by atoms with Crippen LogP contribution in [0.3, 0.4) is 0 Å². The van der Waals surface area contributed by atoms with Crippen LogP contribution in [0.5, 0.6) is 5.88 Å². The van der Waals surface area contributed by atoms with E-state index in [0.29, 0.717) is 5.02 Å². The van der Waals surface area contributed by atoms with Gasteiger partial charge in [-0.15, -0.1) is 0 Å². The Morgan fingerprint density at radius 1 is 1.44 bits per heavy atom. The summed E-state index contributed by atoms with van der Waals surface area (Å²) in [6.45, 7) is 1.33. The third-order valence-corrected chi connectivity index (χ3v) is 2.26. The minimum absolute atomic E-state index is 0.257. The summed E-state index contributed by atoms with van der Waals surface area (Å²) >= 11 is 6.02. The molecular formula is C11H9ClN2O2. The second-order valence-corrected chi connectivity index (χ2v) is 3.57. The highest BCUT2D eigenvalue weighted by Crippen LogP contribution is 2.21. The van der Waals surface area contributed by atoms with E-state index in [1.807, 2.05) is 18.2 Å². The van der Waals surface area contributed by atoms with E-state index >= 15 is 0 Å². The summed E-state index contributed by atoms with van der Waals surface area (Å²) in [5.74, 6) is -0.142. The molecule has 0 radical (unpaired) electrons. The van der Waals surface area contributed by atoms with Crippen LogP contribution in [0.4, 0.5) is 0 Å². The van der Waals surface area contributed by atoms with Gasteiger partial charge in [0.1, 0.15) is 6.33 Å². The third kappa shape index (κ3) is 2.23. The van der Waals surface area contributed by atoms with Crippen LogP contribution in [0.15, 0.2) is 36.8 Å². The van der Waals surface area contributed by atoms with Crippen molar-refractivity contribution in [3.8, 4) is 11.6 Å². The number of ether oxygens (including phenoxy) is 1. The molecular weight excluding hydrogens is 228 g/mol. The predicted molar refractivity (Wildman–Crippen MR) is 59.9 cm³/mol. The Hall–Kier alpha value is -1.81. The normalized spacial score (nSPS) is 10.1. The van der Waals surface area contributed by atoms with Gasteiger partial charge in [0, 0.05) is 6.92 Å². The summed E-state index contributed by atoms with van der Waals surface area (Å²) in [6, 6.07) is 7.34. The number of para-hydroxylation sites is 1. The molecule has 1 heterocycles. The fourth-order valence-corrected chi connectivity index (χ4v) is 1.53. The number of rotatable bonds is 2. The van der Waals surface area contributed by atoms with E-state index in [1.165, 1.54) is 6.92 Å². The molecule has 0 atom stereocenters. The Labute approximate surface area is 97.4 Å². The van der Waals surface area contributed by atoms with Crippen LogP contribution >= 0.6 is 11.6 Å². The second kappa shape index (κ2) is 4.37. The zero-order valence-corrected chi connectivity index (χ0v) is 9.31. The first-order chi connectivity index (χ1) is 7.66. The van der Waals surface area contributed by atoms with Gasteiger partial charge in [-0.25, -0.2) is 4.98 Å². The number of hydrogen-bond donors (Lipinski definition) is 0. The molecule has 0 amide bonds. The summed E-state index contributed by atoms with van der Waals surface area (Å²) < 4.78 is 6.54. The van der Waals surface area contributed by atoms with Gasteiger partial charge in [-0.3, -0.25) is 4.79 Å². The summed E-state index contributed by atoms with van der Waals surface area (Å²) in [4.78, 5) is 14.7. The number of carbonyl (C=O) groups is 1. The molecule has 0 bridgehead atoms. The average molecular weight is 237 g/mol. The van der Waals surface area contributed by atoms with Crippen molar-refractivity contribution in [2.24, 2.45) is 0 Å². The average Bonchev–Trinajstić information content (AvgIpc) is 2.66. The topological polar surface area (TPSA) is 44.1 Å². The van der Waals surface area contributed by atoms with Gasteiger partial charge in [0.15, 0.2) is 0 Å². The van der Waals surface area contributed by atoms with Gasteiger partial charge in [0.2, 0.25) is 5.88 Å². The van der Waals surface area contributed by atoms with Crippen LogP contribution in [-0.4, -0.2) is 15.5 Å². The van der Waals surface area contributed by atoms with Crippen molar-refractivity contribution in [1.29, 1.82) is 0 Å². The van der Waals surface area contributed by atoms with Gasteiger partial charge in [0.05, 0.1) is 16.9 Å². The lowest BCUT2D eigenvalue weighted by molar-refractivity contribution is -0.132. The number of benzene rings is 1. The molecule has 4 nitrogen and oxygen atoms in total. The number of halogens is 1. The minimum Gasteiger partial charge on any atom is -0.406 e. The first-order valence-corrected chi connectivity index (χ1v) is 5.02. The van der Waals surface area contributed by atoms with Crippen LogP contribution in [0.1, 0.15) is 6.92 Å². The Morgan fingerprint density at radius 2 is 2.19 bits per heavy atom. The number of nitrogens with zero attached hydrogens (tertiary/aromatic N) is 2. The molecule has 0 N–H and O–H groups in total. The molecule has 16 heavy (non-hydrogen) atoms. The summed E-state index contributed by atoms with van der Waals surface area (Å²) in [5, 5.41) is 0.606. The van der Waals surface area contributed by atoms with Crippen LogP contribution in [0.2, 0.25) is 5.02 Å². The number of esters is 1. The second-order valence-electron chi connectivity index (χ2n) is 3.16. The van der Waals surface area contributed by atoms with Gasteiger partial charge in [-0.1, -0.05) is 23.7 Å². The Bertz CT molecular complexity index is 522. The van der Waals surface area contributed by atoms with Crippen LogP contribution in [-0.2, 0) is 4.79 Å². The number of carbonyl (C=O) groups excluding carboxylic acids is 1. The molecule has 2 aromatic rings. The molecule has 0 saturated heterocycles. The van der Waals surface area contributed by atoms with Crippen molar-refractivity contribution in [1.82, 2.24) is 9.55 Å². The monoisotopic (exact) mass is 236 g/mol. The quantitative estimate of drug-likeness (QED) is 0.753. The van der Waals surface area contributed by atoms with Crippen LogP contribution in [0.25, 0.3) is 5.69 Å². The zero-order chi connectivity index (χ0) is 11.5. The Kier molecular flexibility index (Phi) is 2.92. The first-order valence-electron chi connectivity index (χ1n) is 4.64. The van der Waals surface area contributed by atoms with E-state index in [1.54, 1.807) is 23.2 Å². The van der Waals surface area contributed by atoms with Gasteiger partial charge >= 0.3 is 5.97 Å². The molecule has 5 heteroatoms. The first kappa shape index (κ1) is 10.7. The van der Waals surface area contributed by atoms with E-state index in [-0.39, 0.29) is 5.88 Å². The smallest absolute Gasteiger partial charge is 0.309 e. The largest absolute Gasteiger partial charge is 0.406 e. The highest BCUT2D eigenvalue weighted by atomic mass is 35.5. The molecule has 0 aliphatic carbocycles. The molecule has 0 fully saturated rings. The number of hydrogen-bond acceptors (Lipinski definition) is 3. The van der Waals surface area contributed by atoms with E-state index in [4.69, 9.17) is 16.3 Å². The lowest BCUT2D eigenvalue weighted by atomic mass is 10.3. The molecule has 0 unspecified atom stereocenters. The summed E-state index contributed by atoms with van der Waals surface area (Å²) in [6.07, 6.45) is 3.14. The van der Waals surface area contributed by atoms with Crippen molar-refractivity contribution in [3.63, 3.8) is 0 Å². The molecule has 0 aliphatic heterocycles. The Balaban J connectivity index is 2.32. The maximum atomic E-state index is 10.7.